The van der Waals surface area contributed by atoms with E-state index in [9.17, 15) is 9.59 Å². The lowest BCUT2D eigenvalue weighted by Crippen LogP contribution is -2.35. The molecule has 1 aromatic heterocycles. The highest BCUT2D eigenvalue weighted by molar-refractivity contribution is 7.13. The third kappa shape index (κ3) is 3.06. The van der Waals surface area contributed by atoms with Crippen molar-refractivity contribution in [3.05, 3.63) is 22.4 Å². The van der Waals surface area contributed by atoms with Gasteiger partial charge in [0.1, 0.15) is 6.54 Å². The number of oxime groups is 1. The molecule has 1 rings (SSSR count). The molecule has 15 heavy (non-hydrogen) atoms. The number of hydrogen-bond acceptors (Lipinski definition) is 5. The fourth-order valence-corrected chi connectivity index (χ4v) is 1.57. The molecule has 0 spiro atoms. The van der Waals surface area contributed by atoms with E-state index >= 15 is 0 Å². The first-order chi connectivity index (χ1) is 7.15. The van der Waals surface area contributed by atoms with Gasteiger partial charge in [-0.05, 0) is 11.4 Å². The van der Waals surface area contributed by atoms with E-state index in [2.05, 4.69) is 10.5 Å². The average molecular weight is 228 g/mol. The van der Waals surface area contributed by atoms with Crippen LogP contribution in [0.25, 0.3) is 0 Å². The first-order valence-corrected chi connectivity index (χ1v) is 4.79. The Labute approximate surface area is 88.8 Å². The maximum Gasteiger partial charge on any atom is 0.322 e. The molecule has 1 heterocycles. The lowest BCUT2D eigenvalue weighted by Gasteiger charge is -2.01. The maximum absolute atomic E-state index is 11.3. The fraction of sp³-hybridized carbons (Fsp3) is 0.125. The molecule has 0 aliphatic carbocycles. The summed E-state index contributed by atoms with van der Waals surface area (Å²) in [7, 11) is 0. The van der Waals surface area contributed by atoms with Crippen molar-refractivity contribution in [2.24, 2.45) is 5.16 Å². The van der Waals surface area contributed by atoms with Gasteiger partial charge in [-0.3, -0.25) is 9.59 Å². The SMILES string of the molecule is O=C(O)CNC(=O)C(=NO)c1cccs1. The van der Waals surface area contributed by atoms with Crippen LogP contribution in [0.4, 0.5) is 0 Å². The number of aliphatic carboxylic acids is 1. The second-order valence-electron chi connectivity index (χ2n) is 2.50. The van der Waals surface area contributed by atoms with Gasteiger partial charge in [0.2, 0.25) is 0 Å². The molecule has 1 amide bonds. The standard InChI is InChI=1S/C8H8N2O4S/c11-6(12)4-9-8(13)7(10-14)5-2-1-3-15-5/h1-3,14H,4H2,(H,9,13)(H,11,12). The van der Waals surface area contributed by atoms with E-state index in [1.165, 1.54) is 11.3 Å². The van der Waals surface area contributed by atoms with Gasteiger partial charge in [0.25, 0.3) is 5.91 Å². The number of carboxylic acid groups (broad SMARTS) is 1. The molecule has 0 saturated carbocycles. The molecule has 1 aromatic rings. The van der Waals surface area contributed by atoms with Crippen molar-refractivity contribution in [1.29, 1.82) is 0 Å². The second-order valence-corrected chi connectivity index (χ2v) is 3.45. The van der Waals surface area contributed by atoms with Gasteiger partial charge in [0.05, 0.1) is 4.88 Å². The highest BCUT2D eigenvalue weighted by Crippen LogP contribution is 2.09. The van der Waals surface area contributed by atoms with Crippen molar-refractivity contribution in [3.63, 3.8) is 0 Å². The first-order valence-electron chi connectivity index (χ1n) is 3.91. The van der Waals surface area contributed by atoms with Crippen LogP contribution < -0.4 is 5.32 Å². The summed E-state index contributed by atoms with van der Waals surface area (Å²) in [4.78, 5) is 22.0. The Bertz CT molecular complexity index is 385. The Morgan fingerprint density at radius 3 is 2.73 bits per heavy atom. The monoisotopic (exact) mass is 228 g/mol. The molecule has 0 aliphatic rings. The third-order valence-corrected chi connectivity index (χ3v) is 2.35. The van der Waals surface area contributed by atoms with Gasteiger partial charge in [0.15, 0.2) is 5.71 Å². The number of rotatable bonds is 4. The zero-order valence-electron chi connectivity index (χ0n) is 7.51. The van der Waals surface area contributed by atoms with E-state index in [0.717, 1.165) is 0 Å². The minimum atomic E-state index is -1.16. The highest BCUT2D eigenvalue weighted by Gasteiger charge is 2.16. The van der Waals surface area contributed by atoms with Crippen LogP contribution in [0.2, 0.25) is 0 Å². The molecule has 0 radical (unpaired) electrons. The summed E-state index contributed by atoms with van der Waals surface area (Å²) < 4.78 is 0. The Hall–Kier alpha value is -1.89. The van der Waals surface area contributed by atoms with Crippen LogP contribution in [0.1, 0.15) is 4.88 Å². The third-order valence-electron chi connectivity index (χ3n) is 1.47. The molecule has 0 aromatic carbocycles. The molecule has 80 valence electrons. The van der Waals surface area contributed by atoms with Crippen LogP contribution in [0.15, 0.2) is 22.7 Å². The van der Waals surface area contributed by atoms with Gasteiger partial charge in [-0.25, -0.2) is 0 Å². The Morgan fingerprint density at radius 2 is 2.27 bits per heavy atom. The zero-order valence-corrected chi connectivity index (χ0v) is 8.32. The van der Waals surface area contributed by atoms with Crippen molar-refractivity contribution >= 4 is 28.9 Å². The van der Waals surface area contributed by atoms with Crippen molar-refractivity contribution in [1.82, 2.24) is 5.32 Å². The van der Waals surface area contributed by atoms with E-state index in [1.54, 1.807) is 17.5 Å². The van der Waals surface area contributed by atoms with E-state index in [-0.39, 0.29) is 5.71 Å². The van der Waals surface area contributed by atoms with Gasteiger partial charge in [-0.15, -0.1) is 11.3 Å². The first kappa shape index (κ1) is 11.2. The number of amides is 1. The Balaban J connectivity index is 2.69. The summed E-state index contributed by atoms with van der Waals surface area (Å²) in [5.74, 6) is -1.88. The molecule has 3 N–H and O–H groups in total. The number of hydrogen-bond donors (Lipinski definition) is 3. The van der Waals surface area contributed by atoms with Gasteiger partial charge in [0, 0.05) is 0 Å². The van der Waals surface area contributed by atoms with Crippen molar-refractivity contribution < 1.29 is 19.9 Å². The Morgan fingerprint density at radius 1 is 1.53 bits per heavy atom. The van der Waals surface area contributed by atoms with Crippen LogP contribution in [0.3, 0.4) is 0 Å². The smallest absolute Gasteiger partial charge is 0.322 e. The molecular weight excluding hydrogens is 220 g/mol. The van der Waals surface area contributed by atoms with E-state index in [1.807, 2.05) is 0 Å². The topological polar surface area (TPSA) is 99.0 Å². The molecule has 0 unspecified atom stereocenters. The fourth-order valence-electron chi connectivity index (χ4n) is 0.860. The van der Waals surface area contributed by atoms with E-state index < -0.39 is 18.4 Å². The molecular formula is C8H8N2O4S. The predicted octanol–water partition coefficient (Wildman–Crippen LogP) is 0.127. The van der Waals surface area contributed by atoms with Crippen LogP contribution >= 0.6 is 11.3 Å². The molecule has 0 atom stereocenters. The minimum Gasteiger partial charge on any atom is -0.480 e. The Kier molecular flexibility index (Phi) is 3.81. The number of nitrogens with zero attached hydrogens (tertiary/aromatic N) is 1. The summed E-state index contributed by atoms with van der Waals surface area (Å²) >= 11 is 1.22. The highest BCUT2D eigenvalue weighted by atomic mass is 32.1. The van der Waals surface area contributed by atoms with E-state index in [0.29, 0.717) is 4.88 Å². The van der Waals surface area contributed by atoms with Gasteiger partial charge in [-0.2, -0.15) is 0 Å². The summed E-state index contributed by atoms with van der Waals surface area (Å²) in [5.41, 5.74) is -0.189. The average Bonchev–Trinajstić information content (AvgIpc) is 2.69. The molecule has 0 saturated heterocycles. The van der Waals surface area contributed by atoms with Crippen LogP contribution in [0.5, 0.6) is 0 Å². The summed E-state index contributed by atoms with van der Waals surface area (Å²) in [6.07, 6.45) is 0. The number of thiophene rings is 1. The maximum atomic E-state index is 11.3. The van der Waals surface area contributed by atoms with Crippen LogP contribution in [0, 0.1) is 0 Å². The van der Waals surface area contributed by atoms with E-state index in [4.69, 9.17) is 10.3 Å². The van der Waals surface area contributed by atoms with Crippen LogP contribution in [-0.4, -0.2) is 34.4 Å². The second kappa shape index (κ2) is 5.11. The number of nitrogens with one attached hydrogen (secondary N) is 1. The summed E-state index contributed by atoms with van der Waals surface area (Å²) in [6, 6.07) is 3.29. The number of carboxylic acids is 1. The summed E-state index contributed by atoms with van der Waals surface area (Å²) in [6.45, 7) is -0.511. The van der Waals surface area contributed by atoms with Gasteiger partial charge >= 0.3 is 5.97 Å². The normalized spacial score (nSPS) is 11.1. The van der Waals surface area contributed by atoms with Crippen molar-refractivity contribution in [2.75, 3.05) is 6.54 Å². The zero-order chi connectivity index (χ0) is 11.3. The van der Waals surface area contributed by atoms with Gasteiger partial charge in [-0.1, -0.05) is 11.2 Å². The predicted molar refractivity (Wildman–Crippen MR) is 53.3 cm³/mol. The molecule has 0 aliphatic heterocycles. The van der Waals surface area contributed by atoms with Crippen molar-refractivity contribution in [2.45, 2.75) is 0 Å². The number of carbonyl (C=O) groups is 2. The van der Waals surface area contributed by atoms with Crippen LogP contribution in [-0.2, 0) is 9.59 Å². The minimum absolute atomic E-state index is 0.189. The number of carbonyl (C=O) groups excluding carboxylic acids is 1. The largest absolute Gasteiger partial charge is 0.480 e. The molecule has 0 bridgehead atoms. The van der Waals surface area contributed by atoms with Gasteiger partial charge < -0.3 is 15.6 Å². The molecule has 7 heteroatoms. The lowest BCUT2D eigenvalue weighted by atomic mass is 10.3. The van der Waals surface area contributed by atoms with Crippen molar-refractivity contribution in [3.8, 4) is 0 Å². The quantitative estimate of drug-likeness (QED) is 0.387. The summed E-state index contributed by atoms with van der Waals surface area (Å²) in [5, 5.41) is 23.6. The lowest BCUT2D eigenvalue weighted by molar-refractivity contribution is -0.137. The molecule has 6 nitrogen and oxygen atoms in total. The molecule has 0 fully saturated rings.